The zero-order valence-electron chi connectivity index (χ0n) is 28.4. The van der Waals surface area contributed by atoms with Crippen LogP contribution in [-0.2, 0) is 6.18 Å². The van der Waals surface area contributed by atoms with E-state index in [1.54, 1.807) is 6.07 Å². The predicted octanol–water partition coefficient (Wildman–Crippen LogP) is 12.6. The van der Waals surface area contributed by atoms with Crippen molar-refractivity contribution in [3.63, 3.8) is 0 Å². The molecular formula is C46H27F3N4O. The Morgan fingerprint density at radius 2 is 1.04 bits per heavy atom. The van der Waals surface area contributed by atoms with Crippen molar-refractivity contribution in [1.29, 1.82) is 0 Å². The molecule has 10 aromatic rings. The molecule has 0 radical (unpaired) electrons. The lowest BCUT2D eigenvalue weighted by Crippen LogP contribution is -2.05. The first-order valence-corrected chi connectivity index (χ1v) is 17.4. The lowest BCUT2D eigenvalue weighted by Gasteiger charge is -2.17. The van der Waals surface area contributed by atoms with Gasteiger partial charge >= 0.3 is 6.18 Å². The first-order valence-electron chi connectivity index (χ1n) is 17.4. The molecule has 10 rings (SSSR count). The molecule has 0 unspecified atom stereocenters. The minimum atomic E-state index is -4.53. The summed E-state index contributed by atoms with van der Waals surface area (Å²) in [6.07, 6.45) is -4.53. The standard InChI is InChI=1S/C46H27F3N4O/c47-46(48,49)32-17-11-16-30(24-32)35-25-31(45-51-43(28-12-3-1-4-13-28)50-44(52-45)29-14-5-2-6-15-29)22-23-39(35)53-38-20-9-7-18-33(38)36-26-37-34-19-8-10-21-41(34)54-42(37)27-40(36)53/h1-27H. The summed E-state index contributed by atoms with van der Waals surface area (Å²) in [5.41, 5.74) is 6.47. The van der Waals surface area contributed by atoms with E-state index in [9.17, 15) is 13.2 Å². The zero-order chi connectivity index (χ0) is 36.4. The molecule has 0 spiro atoms. The molecule has 258 valence electrons. The minimum Gasteiger partial charge on any atom is -0.456 e. The van der Waals surface area contributed by atoms with Crippen LogP contribution in [0, 0.1) is 0 Å². The Morgan fingerprint density at radius 3 is 1.74 bits per heavy atom. The summed E-state index contributed by atoms with van der Waals surface area (Å²) >= 11 is 0. The summed E-state index contributed by atoms with van der Waals surface area (Å²) in [7, 11) is 0. The number of fused-ring (bicyclic) bond motifs is 6. The van der Waals surface area contributed by atoms with E-state index in [4.69, 9.17) is 19.4 Å². The number of benzene rings is 7. The Morgan fingerprint density at radius 1 is 0.426 bits per heavy atom. The Bertz CT molecular complexity index is 2980. The monoisotopic (exact) mass is 708 g/mol. The molecule has 0 saturated heterocycles. The van der Waals surface area contributed by atoms with Crippen molar-refractivity contribution in [2.45, 2.75) is 6.18 Å². The van der Waals surface area contributed by atoms with Gasteiger partial charge in [0.15, 0.2) is 17.5 Å². The van der Waals surface area contributed by atoms with Gasteiger partial charge < -0.3 is 8.98 Å². The average molecular weight is 709 g/mol. The van der Waals surface area contributed by atoms with Gasteiger partial charge in [-0.2, -0.15) is 13.2 Å². The van der Waals surface area contributed by atoms with E-state index in [-0.39, 0.29) is 0 Å². The average Bonchev–Trinajstić information content (AvgIpc) is 3.74. The molecule has 54 heavy (non-hydrogen) atoms. The number of aromatic nitrogens is 4. The molecule has 0 aliphatic carbocycles. The topological polar surface area (TPSA) is 56.7 Å². The second-order valence-corrected chi connectivity index (χ2v) is 13.2. The van der Waals surface area contributed by atoms with Crippen molar-refractivity contribution in [3.05, 3.63) is 169 Å². The molecule has 5 nitrogen and oxygen atoms in total. The third kappa shape index (κ3) is 5.30. The fraction of sp³-hybridized carbons (Fsp3) is 0.0217. The molecule has 3 aromatic heterocycles. The van der Waals surface area contributed by atoms with Crippen LogP contribution >= 0.6 is 0 Å². The van der Waals surface area contributed by atoms with Gasteiger partial charge in [0.25, 0.3) is 0 Å². The number of rotatable bonds is 5. The van der Waals surface area contributed by atoms with Crippen molar-refractivity contribution in [2.75, 3.05) is 0 Å². The Hall–Kier alpha value is -7.06. The van der Waals surface area contributed by atoms with Crippen LogP contribution in [0.3, 0.4) is 0 Å². The highest BCUT2D eigenvalue weighted by Crippen LogP contribution is 2.42. The lowest BCUT2D eigenvalue weighted by molar-refractivity contribution is -0.137. The zero-order valence-corrected chi connectivity index (χ0v) is 28.4. The van der Waals surface area contributed by atoms with Crippen LogP contribution < -0.4 is 0 Å². The summed E-state index contributed by atoms with van der Waals surface area (Å²) in [5, 5.41) is 4.02. The minimum absolute atomic E-state index is 0.397. The highest BCUT2D eigenvalue weighted by Gasteiger charge is 2.31. The quantitative estimate of drug-likeness (QED) is 0.179. The van der Waals surface area contributed by atoms with Crippen LogP contribution in [0.25, 0.3) is 94.7 Å². The van der Waals surface area contributed by atoms with Gasteiger partial charge in [-0.25, -0.2) is 15.0 Å². The van der Waals surface area contributed by atoms with Crippen molar-refractivity contribution >= 4 is 43.7 Å². The highest BCUT2D eigenvalue weighted by atomic mass is 19.4. The van der Waals surface area contributed by atoms with E-state index < -0.39 is 11.7 Å². The molecule has 0 aliphatic rings. The summed E-state index contributed by atoms with van der Waals surface area (Å²) in [4.78, 5) is 14.7. The molecule has 0 bridgehead atoms. The third-order valence-electron chi connectivity index (χ3n) is 9.87. The number of alkyl halides is 3. The second kappa shape index (κ2) is 12.3. The predicted molar refractivity (Wildman–Crippen MR) is 208 cm³/mol. The molecular weight excluding hydrogens is 682 g/mol. The van der Waals surface area contributed by atoms with E-state index in [2.05, 4.69) is 16.7 Å². The first kappa shape index (κ1) is 31.7. The van der Waals surface area contributed by atoms with E-state index >= 15 is 0 Å². The van der Waals surface area contributed by atoms with Gasteiger partial charge in [0.1, 0.15) is 11.2 Å². The first-order chi connectivity index (χ1) is 26.4. The molecule has 0 fully saturated rings. The number of hydrogen-bond donors (Lipinski definition) is 0. The van der Waals surface area contributed by atoms with Crippen LogP contribution in [0.4, 0.5) is 13.2 Å². The molecule has 0 saturated carbocycles. The van der Waals surface area contributed by atoms with Crippen LogP contribution in [0.2, 0.25) is 0 Å². The number of halogens is 3. The molecule has 8 heteroatoms. The smallest absolute Gasteiger partial charge is 0.416 e. The molecule has 0 N–H and O–H groups in total. The largest absolute Gasteiger partial charge is 0.456 e. The van der Waals surface area contributed by atoms with E-state index in [1.807, 2.05) is 127 Å². The molecule has 0 atom stereocenters. The third-order valence-corrected chi connectivity index (χ3v) is 9.87. The van der Waals surface area contributed by atoms with Gasteiger partial charge in [-0.3, -0.25) is 0 Å². The maximum absolute atomic E-state index is 14.2. The maximum atomic E-state index is 14.2. The van der Waals surface area contributed by atoms with Gasteiger partial charge in [-0.1, -0.05) is 109 Å². The number of hydrogen-bond acceptors (Lipinski definition) is 4. The van der Waals surface area contributed by atoms with E-state index in [0.29, 0.717) is 39.9 Å². The van der Waals surface area contributed by atoms with Gasteiger partial charge in [0.2, 0.25) is 0 Å². The second-order valence-electron chi connectivity index (χ2n) is 13.2. The number of para-hydroxylation sites is 2. The fourth-order valence-electron chi connectivity index (χ4n) is 7.35. The summed E-state index contributed by atoms with van der Waals surface area (Å²) in [5.74, 6) is 1.37. The SMILES string of the molecule is FC(F)(F)c1cccc(-c2cc(-c3nc(-c4ccccc4)nc(-c4ccccc4)n3)ccc2-n2c3ccccc3c3cc4c(cc32)oc2ccccc24)c1. The van der Waals surface area contributed by atoms with Crippen LogP contribution in [0.5, 0.6) is 0 Å². The Balaban J connectivity index is 1.26. The van der Waals surface area contributed by atoms with Gasteiger partial charge in [-0.15, -0.1) is 0 Å². The molecule has 3 heterocycles. The molecule has 0 amide bonds. The normalized spacial score (nSPS) is 12.0. The summed E-state index contributed by atoms with van der Waals surface area (Å²) in [6, 6.07) is 50.7. The van der Waals surface area contributed by atoms with E-state index in [1.165, 1.54) is 12.1 Å². The van der Waals surface area contributed by atoms with Crippen LogP contribution in [0.15, 0.2) is 168 Å². The van der Waals surface area contributed by atoms with Crippen LogP contribution in [-0.4, -0.2) is 19.5 Å². The van der Waals surface area contributed by atoms with Crippen molar-refractivity contribution in [3.8, 4) is 51.0 Å². The molecule has 7 aromatic carbocycles. The Labute approximate surface area is 306 Å². The highest BCUT2D eigenvalue weighted by molar-refractivity contribution is 6.17. The maximum Gasteiger partial charge on any atom is 0.416 e. The molecule has 0 aliphatic heterocycles. The van der Waals surface area contributed by atoms with Crippen molar-refractivity contribution < 1.29 is 17.6 Å². The van der Waals surface area contributed by atoms with E-state index in [0.717, 1.165) is 60.9 Å². The lowest BCUT2D eigenvalue weighted by atomic mass is 9.98. The Kier molecular flexibility index (Phi) is 7.20. The number of nitrogens with zero attached hydrogens (tertiary/aromatic N) is 4. The van der Waals surface area contributed by atoms with Crippen molar-refractivity contribution in [2.24, 2.45) is 0 Å². The van der Waals surface area contributed by atoms with Gasteiger partial charge in [-0.05, 0) is 54.1 Å². The van der Waals surface area contributed by atoms with Gasteiger partial charge in [0, 0.05) is 49.9 Å². The fourth-order valence-corrected chi connectivity index (χ4v) is 7.35. The summed E-state index contributed by atoms with van der Waals surface area (Å²) < 4.78 is 51.1. The van der Waals surface area contributed by atoms with Crippen molar-refractivity contribution in [1.82, 2.24) is 19.5 Å². The summed E-state index contributed by atoms with van der Waals surface area (Å²) in [6.45, 7) is 0. The van der Waals surface area contributed by atoms with Gasteiger partial charge in [0.05, 0.1) is 22.3 Å². The van der Waals surface area contributed by atoms with Crippen LogP contribution in [0.1, 0.15) is 5.56 Å². The number of furan rings is 1.